The number of anilines is 1. The zero-order valence-corrected chi connectivity index (χ0v) is 11.1. The summed E-state index contributed by atoms with van der Waals surface area (Å²) in [6, 6.07) is 9.16. The van der Waals surface area contributed by atoms with Gasteiger partial charge >= 0.3 is 0 Å². The number of benzene rings is 1. The van der Waals surface area contributed by atoms with Crippen molar-refractivity contribution in [1.29, 1.82) is 0 Å². The summed E-state index contributed by atoms with van der Waals surface area (Å²) in [6.45, 7) is 4.82. The fourth-order valence-electron chi connectivity index (χ4n) is 1.87. The number of nitrogen functional groups attached to an aromatic ring is 1. The topological polar surface area (TPSA) is 70.1 Å². The molecule has 0 aliphatic heterocycles. The summed E-state index contributed by atoms with van der Waals surface area (Å²) in [5.74, 6) is 0.734. The van der Waals surface area contributed by atoms with Crippen LogP contribution in [-0.2, 0) is 6.54 Å². The smallest absolute Gasteiger partial charge is 0.289 e. The lowest BCUT2D eigenvalue weighted by atomic mass is 10.1. The van der Waals surface area contributed by atoms with E-state index < -0.39 is 0 Å². The molecule has 0 saturated heterocycles. The molecule has 0 fully saturated rings. The van der Waals surface area contributed by atoms with Gasteiger partial charge < -0.3 is 10.5 Å². The normalized spacial score (nSPS) is 10.4. The molecular formula is C14H17N3O2. The largest absolute Gasteiger partial charge is 0.493 e. The van der Waals surface area contributed by atoms with Crippen LogP contribution >= 0.6 is 0 Å². The van der Waals surface area contributed by atoms with Crippen LogP contribution in [0, 0.1) is 0 Å². The van der Waals surface area contributed by atoms with E-state index in [2.05, 4.69) is 5.10 Å². The third kappa shape index (κ3) is 2.59. The minimum absolute atomic E-state index is 0.193. The van der Waals surface area contributed by atoms with Gasteiger partial charge in [0.25, 0.3) is 5.56 Å². The zero-order chi connectivity index (χ0) is 13.8. The average Bonchev–Trinajstić information content (AvgIpc) is 2.43. The Labute approximate surface area is 111 Å². The first-order chi connectivity index (χ1) is 9.17. The molecule has 0 saturated carbocycles. The molecule has 0 bridgehead atoms. The van der Waals surface area contributed by atoms with Gasteiger partial charge in [0.05, 0.1) is 12.3 Å². The Morgan fingerprint density at radius 2 is 2.05 bits per heavy atom. The van der Waals surface area contributed by atoms with Gasteiger partial charge in [0, 0.05) is 12.1 Å². The van der Waals surface area contributed by atoms with Crippen LogP contribution in [0.1, 0.15) is 13.8 Å². The van der Waals surface area contributed by atoms with E-state index in [9.17, 15) is 4.79 Å². The second-order valence-electron chi connectivity index (χ2n) is 4.04. The summed E-state index contributed by atoms with van der Waals surface area (Å²) in [6.07, 6.45) is 0. The Balaban J connectivity index is 2.59. The van der Waals surface area contributed by atoms with Crippen LogP contribution in [0.15, 0.2) is 35.1 Å². The molecule has 100 valence electrons. The second-order valence-corrected chi connectivity index (χ2v) is 4.04. The molecule has 2 rings (SSSR count). The van der Waals surface area contributed by atoms with Crippen LogP contribution in [0.5, 0.6) is 5.75 Å². The molecule has 0 unspecified atom stereocenters. The molecule has 1 heterocycles. The van der Waals surface area contributed by atoms with Crippen molar-refractivity contribution in [3.63, 3.8) is 0 Å². The molecule has 0 radical (unpaired) electrons. The van der Waals surface area contributed by atoms with Crippen molar-refractivity contribution in [3.05, 3.63) is 40.7 Å². The van der Waals surface area contributed by atoms with Crippen molar-refractivity contribution in [2.45, 2.75) is 20.4 Å². The van der Waals surface area contributed by atoms with Crippen molar-refractivity contribution in [2.24, 2.45) is 0 Å². The first-order valence-corrected chi connectivity index (χ1v) is 6.27. The van der Waals surface area contributed by atoms with Gasteiger partial charge in [0.2, 0.25) is 0 Å². The fraction of sp³-hybridized carbons (Fsp3) is 0.286. The Morgan fingerprint density at radius 3 is 2.74 bits per heavy atom. The van der Waals surface area contributed by atoms with Crippen molar-refractivity contribution >= 4 is 5.69 Å². The first kappa shape index (κ1) is 13.1. The van der Waals surface area contributed by atoms with Gasteiger partial charge in [-0.15, -0.1) is 0 Å². The van der Waals surface area contributed by atoms with Gasteiger partial charge in [0.15, 0.2) is 0 Å². The van der Waals surface area contributed by atoms with Crippen LogP contribution < -0.4 is 16.0 Å². The van der Waals surface area contributed by atoms with Crippen molar-refractivity contribution in [1.82, 2.24) is 9.78 Å². The number of nitrogens with two attached hydrogens (primary N) is 1. The number of hydrogen-bond donors (Lipinski definition) is 1. The third-order valence-corrected chi connectivity index (χ3v) is 2.76. The van der Waals surface area contributed by atoms with Crippen LogP contribution in [0.3, 0.4) is 0 Å². The van der Waals surface area contributed by atoms with Crippen molar-refractivity contribution < 1.29 is 4.74 Å². The highest BCUT2D eigenvalue weighted by Crippen LogP contribution is 2.28. The molecule has 0 aliphatic rings. The van der Waals surface area contributed by atoms with E-state index in [4.69, 9.17) is 10.5 Å². The van der Waals surface area contributed by atoms with Crippen LogP contribution in [-0.4, -0.2) is 16.4 Å². The predicted molar refractivity (Wildman–Crippen MR) is 75.2 cm³/mol. The molecule has 0 aliphatic carbocycles. The van der Waals surface area contributed by atoms with Gasteiger partial charge in [-0.25, -0.2) is 4.68 Å². The predicted octanol–water partition coefficient (Wildman–Crippen LogP) is 1.91. The number of aromatic nitrogens is 2. The summed E-state index contributed by atoms with van der Waals surface area (Å²) in [4.78, 5) is 11.7. The van der Waals surface area contributed by atoms with E-state index in [0.29, 0.717) is 18.8 Å². The summed E-state index contributed by atoms with van der Waals surface area (Å²) in [7, 11) is 0. The first-order valence-electron chi connectivity index (χ1n) is 6.27. The van der Waals surface area contributed by atoms with E-state index in [1.165, 1.54) is 4.68 Å². The quantitative estimate of drug-likeness (QED) is 0.910. The van der Waals surface area contributed by atoms with Crippen LogP contribution in [0.4, 0.5) is 5.69 Å². The van der Waals surface area contributed by atoms with E-state index >= 15 is 0 Å². The van der Waals surface area contributed by atoms with E-state index in [-0.39, 0.29) is 11.2 Å². The SMILES string of the molecule is CCOc1ccccc1-c1cc(N)c(=O)n(CC)n1. The minimum Gasteiger partial charge on any atom is -0.493 e. The molecule has 0 spiro atoms. The third-order valence-electron chi connectivity index (χ3n) is 2.76. The zero-order valence-electron chi connectivity index (χ0n) is 11.1. The minimum atomic E-state index is -0.264. The lowest BCUT2D eigenvalue weighted by molar-refractivity contribution is 0.341. The standard InChI is InChI=1S/C14H17N3O2/c1-3-17-14(18)11(15)9-12(16-17)10-7-5-6-8-13(10)19-4-2/h5-9H,3-4,15H2,1-2H3. The van der Waals surface area contributed by atoms with E-state index in [1.807, 2.05) is 38.1 Å². The molecular weight excluding hydrogens is 242 g/mol. The summed E-state index contributed by atoms with van der Waals surface area (Å²) < 4.78 is 6.92. The molecule has 1 aromatic carbocycles. The summed E-state index contributed by atoms with van der Waals surface area (Å²) in [5.41, 5.74) is 7.15. The maximum Gasteiger partial charge on any atom is 0.289 e. The maximum absolute atomic E-state index is 11.7. The van der Waals surface area contributed by atoms with Gasteiger partial charge in [-0.05, 0) is 32.0 Å². The van der Waals surface area contributed by atoms with Gasteiger partial charge in [-0.3, -0.25) is 4.79 Å². The molecule has 5 nitrogen and oxygen atoms in total. The van der Waals surface area contributed by atoms with Crippen LogP contribution in [0.2, 0.25) is 0 Å². The lowest BCUT2D eigenvalue weighted by Crippen LogP contribution is -2.25. The van der Waals surface area contributed by atoms with Gasteiger partial charge in [-0.1, -0.05) is 12.1 Å². The molecule has 2 aromatic rings. The number of rotatable bonds is 4. The highest BCUT2D eigenvalue weighted by Gasteiger charge is 2.10. The number of aryl methyl sites for hydroxylation is 1. The molecule has 5 heteroatoms. The Morgan fingerprint density at radius 1 is 1.32 bits per heavy atom. The molecule has 19 heavy (non-hydrogen) atoms. The maximum atomic E-state index is 11.7. The lowest BCUT2D eigenvalue weighted by Gasteiger charge is -2.11. The number of ether oxygens (including phenoxy) is 1. The number of nitrogens with zero attached hydrogens (tertiary/aromatic N) is 2. The molecule has 0 atom stereocenters. The van der Waals surface area contributed by atoms with Gasteiger partial charge in [0.1, 0.15) is 11.4 Å². The Kier molecular flexibility index (Phi) is 3.85. The van der Waals surface area contributed by atoms with E-state index in [0.717, 1.165) is 11.3 Å². The van der Waals surface area contributed by atoms with E-state index in [1.54, 1.807) is 6.07 Å². The summed E-state index contributed by atoms with van der Waals surface area (Å²) >= 11 is 0. The number of hydrogen-bond acceptors (Lipinski definition) is 4. The van der Waals surface area contributed by atoms with Crippen LogP contribution in [0.25, 0.3) is 11.3 Å². The highest BCUT2D eigenvalue weighted by molar-refractivity contribution is 5.68. The Bertz CT molecular complexity index is 635. The van der Waals surface area contributed by atoms with Gasteiger partial charge in [-0.2, -0.15) is 5.10 Å². The second kappa shape index (κ2) is 5.56. The fourth-order valence-corrected chi connectivity index (χ4v) is 1.87. The summed E-state index contributed by atoms with van der Waals surface area (Å²) in [5, 5.41) is 4.31. The number of para-hydroxylation sites is 1. The monoisotopic (exact) mass is 259 g/mol. The molecule has 2 N–H and O–H groups in total. The average molecular weight is 259 g/mol. The van der Waals surface area contributed by atoms with Crippen molar-refractivity contribution in [3.8, 4) is 17.0 Å². The molecule has 0 amide bonds. The van der Waals surface area contributed by atoms with Crippen molar-refractivity contribution in [2.75, 3.05) is 12.3 Å². The highest BCUT2D eigenvalue weighted by atomic mass is 16.5. The Hall–Kier alpha value is -2.30. The molecule has 1 aromatic heterocycles.